The number of nitrogens with zero attached hydrogens (tertiary/aromatic N) is 6. The van der Waals surface area contributed by atoms with Gasteiger partial charge in [0.25, 0.3) is 0 Å². The quantitative estimate of drug-likeness (QED) is 0.157. The van der Waals surface area contributed by atoms with Crippen LogP contribution >= 0.6 is 0 Å². The molecule has 200 valence electrons. The minimum atomic E-state index is -0.0766. The summed E-state index contributed by atoms with van der Waals surface area (Å²) in [5.74, 6) is 1.68. The first-order valence-corrected chi connectivity index (χ1v) is 12.6. The molecule has 0 saturated carbocycles. The van der Waals surface area contributed by atoms with Gasteiger partial charge in [0.05, 0.1) is 0 Å². The number of aromatic nitrogens is 3. The molecule has 0 spiro atoms. The van der Waals surface area contributed by atoms with E-state index in [4.69, 9.17) is 0 Å². The summed E-state index contributed by atoms with van der Waals surface area (Å²) in [4.78, 5) is 31.7. The molecule has 0 aromatic carbocycles. The van der Waals surface area contributed by atoms with Crippen LogP contribution in [0.3, 0.4) is 0 Å². The van der Waals surface area contributed by atoms with Gasteiger partial charge in [-0.25, -0.2) is 0 Å². The SMILES string of the molecule is C=C(C)C(=O)NCCCN(C)CCCNc1nc(NCCCN(C)C)nc(NCCCN(C)C)n1. The Hall–Kier alpha value is -2.50. The number of nitrogens with one attached hydrogen (secondary N) is 4. The fraction of sp³-hybridized carbons (Fsp3) is 0.750. The van der Waals surface area contributed by atoms with E-state index >= 15 is 0 Å². The molecule has 1 aromatic heterocycles. The Morgan fingerprint density at radius 2 is 1.06 bits per heavy atom. The first-order chi connectivity index (χ1) is 16.7. The van der Waals surface area contributed by atoms with Gasteiger partial charge in [-0.3, -0.25) is 4.79 Å². The lowest BCUT2D eigenvalue weighted by molar-refractivity contribution is -0.117. The molecular weight excluding hydrogens is 444 g/mol. The van der Waals surface area contributed by atoms with Gasteiger partial charge in [-0.15, -0.1) is 0 Å². The molecule has 1 amide bonds. The molecule has 0 bridgehead atoms. The van der Waals surface area contributed by atoms with Crippen molar-refractivity contribution < 1.29 is 4.79 Å². The molecule has 0 radical (unpaired) electrons. The molecule has 0 aliphatic carbocycles. The molecule has 0 atom stereocenters. The van der Waals surface area contributed by atoms with E-state index in [9.17, 15) is 4.79 Å². The van der Waals surface area contributed by atoms with Gasteiger partial charge < -0.3 is 36.0 Å². The van der Waals surface area contributed by atoms with Gasteiger partial charge in [0.15, 0.2) is 0 Å². The summed E-state index contributed by atoms with van der Waals surface area (Å²) in [6.07, 6.45) is 3.88. The standard InChI is InChI=1S/C24H48N10O/c1-20(2)21(35)25-12-10-18-34(7)19-11-15-28-24-30-22(26-13-8-16-32(3)4)29-23(31-24)27-14-9-17-33(5)6/h1,8-19H2,2-7H3,(H,25,35)(H3,26,27,28,29,30,31). The number of anilines is 3. The summed E-state index contributed by atoms with van der Waals surface area (Å²) >= 11 is 0. The highest BCUT2D eigenvalue weighted by Gasteiger charge is 2.07. The Morgan fingerprint density at radius 3 is 1.43 bits per heavy atom. The Kier molecular flexibility index (Phi) is 15.6. The average molecular weight is 493 g/mol. The zero-order valence-corrected chi connectivity index (χ0v) is 22.8. The zero-order valence-electron chi connectivity index (χ0n) is 22.8. The van der Waals surface area contributed by atoms with Crippen LogP contribution in [0.5, 0.6) is 0 Å². The van der Waals surface area contributed by atoms with Crippen molar-refractivity contribution in [3.63, 3.8) is 0 Å². The summed E-state index contributed by atoms with van der Waals surface area (Å²) in [5, 5.41) is 12.8. The van der Waals surface area contributed by atoms with E-state index in [1.807, 2.05) is 0 Å². The maximum absolute atomic E-state index is 11.5. The number of rotatable bonds is 20. The number of carbonyl (C=O) groups is 1. The van der Waals surface area contributed by atoms with Crippen LogP contribution in [-0.4, -0.2) is 123 Å². The topological polar surface area (TPSA) is 114 Å². The molecular formula is C24H48N10O. The summed E-state index contributed by atoms with van der Waals surface area (Å²) in [6, 6.07) is 0. The minimum Gasteiger partial charge on any atom is -0.354 e. The number of hydrogen-bond donors (Lipinski definition) is 4. The predicted octanol–water partition coefficient (Wildman–Crippen LogP) is 1.42. The monoisotopic (exact) mass is 492 g/mol. The summed E-state index contributed by atoms with van der Waals surface area (Å²) in [5.41, 5.74) is 0.543. The molecule has 1 rings (SSSR count). The van der Waals surface area contributed by atoms with E-state index < -0.39 is 0 Å². The van der Waals surface area contributed by atoms with Crippen LogP contribution in [0.15, 0.2) is 12.2 Å². The summed E-state index contributed by atoms with van der Waals surface area (Å²) in [6.45, 7) is 12.3. The van der Waals surface area contributed by atoms with Crippen molar-refractivity contribution in [3.05, 3.63) is 12.2 Å². The van der Waals surface area contributed by atoms with Crippen molar-refractivity contribution in [1.29, 1.82) is 0 Å². The van der Waals surface area contributed by atoms with Gasteiger partial charge in [0.1, 0.15) is 0 Å². The van der Waals surface area contributed by atoms with E-state index in [1.54, 1.807) is 6.92 Å². The van der Waals surface area contributed by atoms with Gasteiger partial charge in [0.2, 0.25) is 23.8 Å². The van der Waals surface area contributed by atoms with Crippen molar-refractivity contribution >= 4 is 23.8 Å². The van der Waals surface area contributed by atoms with Crippen LogP contribution in [0.1, 0.15) is 32.6 Å². The largest absolute Gasteiger partial charge is 0.354 e. The van der Waals surface area contributed by atoms with Gasteiger partial charge in [-0.05, 0) is 94.0 Å². The third-order valence-corrected chi connectivity index (χ3v) is 5.16. The van der Waals surface area contributed by atoms with Crippen LogP contribution in [0, 0.1) is 0 Å². The molecule has 0 fully saturated rings. The fourth-order valence-electron chi connectivity index (χ4n) is 3.17. The third-order valence-electron chi connectivity index (χ3n) is 5.16. The number of amides is 1. The molecule has 11 nitrogen and oxygen atoms in total. The van der Waals surface area contributed by atoms with Crippen LogP contribution in [0.4, 0.5) is 17.8 Å². The van der Waals surface area contributed by atoms with Crippen molar-refractivity contribution in [2.45, 2.75) is 32.6 Å². The first kappa shape index (κ1) is 30.5. The highest BCUT2D eigenvalue weighted by atomic mass is 16.1. The first-order valence-electron chi connectivity index (χ1n) is 12.6. The van der Waals surface area contributed by atoms with Crippen molar-refractivity contribution in [2.75, 3.05) is 104 Å². The Labute approximate surface area is 212 Å². The second kappa shape index (κ2) is 17.9. The average Bonchev–Trinajstić information content (AvgIpc) is 2.79. The van der Waals surface area contributed by atoms with Crippen molar-refractivity contribution in [3.8, 4) is 0 Å². The van der Waals surface area contributed by atoms with E-state index in [0.717, 1.165) is 71.5 Å². The van der Waals surface area contributed by atoms with E-state index in [0.29, 0.717) is 30.0 Å². The smallest absolute Gasteiger partial charge is 0.246 e. The van der Waals surface area contributed by atoms with Crippen LogP contribution < -0.4 is 21.3 Å². The number of carbonyl (C=O) groups excluding carboxylic acids is 1. The van der Waals surface area contributed by atoms with E-state index in [2.05, 4.69) is 92.7 Å². The van der Waals surface area contributed by atoms with Crippen LogP contribution in [0.2, 0.25) is 0 Å². The molecule has 0 saturated heterocycles. The van der Waals surface area contributed by atoms with Crippen molar-refractivity contribution in [2.24, 2.45) is 0 Å². The molecule has 0 aliphatic rings. The lowest BCUT2D eigenvalue weighted by Crippen LogP contribution is -2.29. The Balaban J connectivity index is 2.47. The minimum absolute atomic E-state index is 0.0766. The van der Waals surface area contributed by atoms with Crippen LogP contribution in [-0.2, 0) is 4.79 Å². The second-order valence-corrected chi connectivity index (χ2v) is 9.45. The van der Waals surface area contributed by atoms with Crippen LogP contribution in [0.25, 0.3) is 0 Å². The maximum Gasteiger partial charge on any atom is 0.246 e. The molecule has 1 aromatic rings. The summed E-state index contributed by atoms with van der Waals surface area (Å²) < 4.78 is 0. The fourth-order valence-corrected chi connectivity index (χ4v) is 3.17. The molecule has 11 heteroatoms. The van der Waals surface area contributed by atoms with Crippen molar-refractivity contribution in [1.82, 2.24) is 35.0 Å². The maximum atomic E-state index is 11.5. The molecule has 4 N–H and O–H groups in total. The zero-order chi connectivity index (χ0) is 26.1. The summed E-state index contributed by atoms with van der Waals surface area (Å²) in [7, 11) is 10.4. The van der Waals surface area contributed by atoms with Gasteiger partial charge in [-0.1, -0.05) is 6.58 Å². The van der Waals surface area contributed by atoms with E-state index in [-0.39, 0.29) is 5.91 Å². The highest BCUT2D eigenvalue weighted by Crippen LogP contribution is 2.10. The van der Waals surface area contributed by atoms with Gasteiger partial charge in [0, 0.05) is 31.8 Å². The molecule has 1 heterocycles. The lowest BCUT2D eigenvalue weighted by atomic mass is 10.3. The molecule has 35 heavy (non-hydrogen) atoms. The van der Waals surface area contributed by atoms with Gasteiger partial charge >= 0.3 is 0 Å². The highest BCUT2D eigenvalue weighted by molar-refractivity contribution is 5.91. The molecule has 0 aliphatic heterocycles. The second-order valence-electron chi connectivity index (χ2n) is 9.45. The predicted molar refractivity (Wildman–Crippen MR) is 146 cm³/mol. The molecule has 0 unspecified atom stereocenters. The lowest BCUT2D eigenvalue weighted by Gasteiger charge is -2.17. The Morgan fingerprint density at radius 1 is 0.686 bits per heavy atom. The normalized spacial score (nSPS) is 11.2. The third kappa shape index (κ3) is 15.9. The van der Waals surface area contributed by atoms with E-state index in [1.165, 1.54) is 0 Å². The number of hydrogen-bond acceptors (Lipinski definition) is 10. The Bertz CT molecular complexity index is 707. The van der Waals surface area contributed by atoms with Gasteiger partial charge in [-0.2, -0.15) is 15.0 Å².